The van der Waals surface area contributed by atoms with E-state index < -0.39 is 5.97 Å². The van der Waals surface area contributed by atoms with Crippen molar-refractivity contribution in [1.29, 1.82) is 0 Å². The van der Waals surface area contributed by atoms with Gasteiger partial charge in [-0.3, -0.25) is 9.59 Å². The first-order chi connectivity index (χ1) is 17.3. The molecular weight excluding hydrogens is 458 g/mol. The average molecular weight is 488 g/mol. The van der Waals surface area contributed by atoms with Gasteiger partial charge in [-0.25, -0.2) is 0 Å². The summed E-state index contributed by atoms with van der Waals surface area (Å²) in [6.07, 6.45) is 4.77. The number of methoxy groups -OCH3 is 2. The lowest BCUT2D eigenvalue weighted by Crippen LogP contribution is -2.32. The fraction of sp³-hybridized carbons (Fsp3) is 0.286. The highest BCUT2D eigenvalue weighted by Crippen LogP contribution is 2.45. The first-order valence-corrected chi connectivity index (χ1v) is 11.6. The number of rotatable bonds is 8. The second-order valence-electron chi connectivity index (χ2n) is 9.05. The van der Waals surface area contributed by atoms with Crippen molar-refractivity contribution in [3.63, 3.8) is 0 Å². The van der Waals surface area contributed by atoms with Gasteiger partial charge in [0.1, 0.15) is 6.54 Å². The van der Waals surface area contributed by atoms with Crippen molar-refractivity contribution in [3.05, 3.63) is 83.8 Å². The van der Waals surface area contributed by atoms with Crippen LogP contribution in [0.2, 0.25) is 0 Å². The third-order valence-corrected chi connectivity index (χ3v) is 6.24. The monoisotopic (exact) mass is 487 g/mol. The van der Waals surface area contributed by atoms with Crippen LogP contribution < -0.4 is 0 Å². The number of ether oxygens (including phenoxy) is 2. The Labute approximate surface area is 210 Å². The number of carbonyl (C=O) groups excluding carboxylic acids is 2. The fourth-order valence-corrected chi connectivity index (χ4v) is 4.43. The molecule has 0 spiro atoms. The van der Waals surface area contributed by atoms with Gasteiger partial charge in [-0.15, -0.1) is 0 Å². The molecule has 186 valence electrons. The molecule has 0 bridgehead atoms. The Morgan fingerprint density at radius 3 is 2.53 bits per heavy atom. The number of nitrogens with zero attached hydrogens (tertiary/aromatic N) is 3. The van der Waals surface area contributed by atoms with Crippen molar-refractivity contribution >= 4 is 23.0 Å². The van der Waals surface area contributed by atoms with Crippen LogP contribution in [0.3, 0.4) is 0 Å². The van der Waals surface area contributed by atoms with Crippen molar-refractivity contribution in [2.75, 3.05) is 34.4 Å². The van der Waals surface area contributed by atoms with Gasteiger partial charge in [-0.05, 0) is 29.7 Å². The van der Waals surface area contributed by atoms with E-state index in [0.29, 0.717) is 35.9 Å². The molecule has 1 aliphatic carbocycles. The molecule has 1 unspecified atom stereocenters. The zero-order valence-electron chi connectivity index (χ0n) is 20.9. The van der Waals surface area contributed by atoms with Gasteiger partial charge in [0.15, 0.2) is 0 Å². The maximum absolute atomic E-state index is 12.7. The van der Waals surface area contributed by atoms with Gasteiger partial charge in [-0.2, -0.15) is 4.98 Å². The van der Waals surface area contributed by atoms with E-state index in [1.807, 2.05) is 30.3 Å². The number of carbonyl (C=O) groups is 2. The van der Waals surface area contributed by atoms with Crippen LogP contribution >= 0.6 is 0 Å². The summed E-state index contributed by atoms with van der Waals surface area (Å²) < 4.78 is 15.9. The number of benzene rings is 2. The van der Waals surface area contributed by atoms with Crippen molar-refractivity contribution in [2.45, 2.75) is 13.3 Å². The number of likely N-dealkylation sites (N-methyl/N-ethyl adjacent to an activating group) is 1. The molecular formula is C28H29N3O5. The predicted octanol–water partition coefficient (Wildman–Crippen LogP) is 4.51. The topological polar surface area (TPSA) is 94.8 Å². The molecule has 4 rings (SSSR count). The number of aromatic nitrogens is 2. The van der Waals surface area contributed by atoms with E-state index in [1.54, 1.807) is 32.4 Å². The third-order valence-electron chi connectivity index (χ3n) is 6.24. The van der Waals surface area contributed by atoms with Crippen molar-refractivity contribution < 1.29 is 23.6 Å². The summed E-state index contributed by atoms with van der Waals surface area (Å²) in [7, 11) is 4.53. The Balaban J connectivity index is 1.60. The molecule has 0 radical (unpaired) electrons. The highest BCUT2D eigenvalue weighted by Gasteiger charge is 2.35. The summed E-state index contributed by atoms with van der Waals surface area (Å²) in [6.45, 7) is 2.56. The van der Waals surface area contributed by atoms with E-state index in [1.165, 1.54) is 17.6 Å². The molecule has 1 aromatic heterocycles. The average Bonchev–Trinajstić information content (AvgIpc) is 3.39. The highest BCUT2D eigenvalue weighted by molar-refractivity contribution is 5.96. The molecule has 36 heavy (non-hydrogen) atoms. The van der Waals surface area contributed by atoms with E-state index in [-0.39, 0.29) is 17.9 Å². The molecule has 0 saturated carbocycles. The van der Waals surface area contributed by atoms with Gasteiger partial charge < -0.3 is 18.9 Å². The second kappa shape index (κ2) is 10.7. The molecule has 0 saturated heterocycles. The van der Waals surface area contributed by atoms with Gasteiger partial charge in [-0.1, -0.05) is 66.7 Å². The summed E-state index contributed by atoms with van der Waals surface area (Å²) in [4.78, 5) is 30.2. The van der Waals surface area contributed by atoms with Gasteiger partial charge >= 0.3 is 5.97 Å². The summed E-state index contributed by atoms with van der Waals surface area (Å²) >= 11 is 0. The zero-order valence-corrected chi connectivity index (χ0v) is 20.9. The smallest absolute Gasteiger partial charge is 0.325 e. The first-order valence-electron chi connectivity index (χ1n) is 11.6. The maximum atomic E-state index is 12.7. The summed E-state index contributed by atoms with van der Waals surface area (Å²) in [5.74, 6) is 0.00284. The van der Waals surface area contributed by atoms with E-state index in [4.69, 9.17) is 9.26 Å². The van der Waals surface area contributed by atoms with E-state index >= 15 is 0 Å². The maximum Gasteiger partial charge on any atom is 0.325 e. The molecule has 0 N–H and O–H groups in total. The van der Waals surface area contributed by atoms with Crippen LogP contribution in [0.5, 0.6) is 0 Å². The predicted molar refractivity (Wildman–Crippen MR) is 136 cm³/mol. The minimum absolute atomic E-state index is 0.140. The summed E-state index contributed by atoms with van der Waals surface area (Å²) in [5.41, 5.74) is 4.03. The highest BCUT2D eigenvalue weighted by atomic mass is 16.5. The molecule has 0 aliphatic heterocycles. The number of hydrogen-bond acceptors (Lipinski definition) is 7. The first kappa shape index (κ1) is 25.1. The van der Waals surface area contributed by atoms with Crippen molar-refractivity contribution in [2.24, 2.45) is 5.41 Å². The molecule has 8 heteroatoms. The van der Waals surface area contributed by atoms with Gasteiger partial charge in [0.2, 0.25) is 5.82 Å². The Bertz CT molecular complexity index is 1310. The molecule has 1 amide bonds. The van der Waals surface area contributed by atoms with Gasteiger partial charge in [0.25, 0.3) is 11.8 Å². The largest absolute Gasteiger partial charge is 0.468 e. The lowest BCUT2D eigenvalue weighted by molar-refractivity contribution is -0.141. The minimum atomic E-state index is -0.490. The van der Waals surface area contributed by atoms with Crippen LogP contribution in [-0.2, 0) is 14.3 Å². The van der Waals surface area contributed by atoms with Gasteiger partial charge in [0, 0.05) is 36.3 Å². The fourth-order valence-electron chi connectivity index (χ4n) is 4.43. The Morgan fingerprint density at radius 2 is 1.81 bits per heavy atom. The molecule has 2 aromatic carbocycles. The summed E-state index contributed by atoms with van der Waals surface area (Å²) in [6, 6.07) is 17.2. The minimum Gasteiger partial charge on any atom is -0.468 e. The van der Waals surface area contributed by atoms with Crippen LogP contribution in [-0.4, -0.2) is 61.3 Å². The summed E-state index contributed by atoms with van der Waals surface area (Å²) in [5, 5.41) is 4.16. The van der Waals surface area contributed by atoms with E-state index in [2.05, 4.69) is 40.0 Å². The molecule has 1 aliphatic rings. The number of esters is 1. The third kappa shape index (κ3) is 5.28. The Hall–Kier alpha value is -4.04. The molecule has 3 aromatic rings. The number of hydrogen-bond donors (Lipinski definition) is 0. The molecule has 1 heterocycles. The van der Waals surface area contributed by atoms with Crippen LogP contribution in [0.1, 0.15) is 35.2 Å². The van der Waals surface area contributed by atoms with Crippen LogP contribution in [0.25, 0.3) is 22.5 Å². The zero-order chi connectivity index (χ0) is 25.7. The normalized spacial score (nSPS) is 17.2. The Kier molecular flexibility index (Phi) is 7.45. The lowest BCUT2D eigenvalue weighted by Gasteiger charge is -2.34. The second-order valence-corrected chi connectivity index (χ2v) is 9.05. The van der Waals surface area contributed by atoms with Crippen LogP contribution in [0.15, 0.2) is 71.3 Å². The molecule has 1 atom stereocenters. The van der Waals surface area contributed by atoms with Crippen LogP contribution in [0.4, 0.5) is 0 Å². The van der Waals surface area contributed by atoms with E-state index in [9.17, 15) is 9.59 Å². The van der Waals surface area contributed by atoms with Crippen LogP contribution in [0, 0.1) is 5.41 Å². The van der Waals surface area contributed by atoms with Crippen molar-refractivity contribution in [3.8, 4) is 11.4 Å². The molecule has 8 nitrogen and oxygen atoms in total. The van der Waals surface area contributed by atoms with Gasteiger partial charge in [0.05, 0.1) is 13.7 Å². The quantitative estimate of drug-likeness (QED) is 0.432. The molecule has 0 fully saturated rings. The Morgan fingerprint density at radius 1 is 1.06 bits per heavy atom. The standard InChI is InChI=1S/C28H29N3O5/c1-28(18-34-3)16-22(13-14-23(28)19-9-6-5-7-10-19)26-29-25(30-36-26)20-11-8-12-21(15-20)27(33)31(2)17-24(32)35-4/h5-15H,16-18H2,1-4H3. The number of allylic oxidation sites excluding steroid dienone is 3. The van der Waals surface area contributed by atoms with E-state index in [0.717, 1.165) is 11.1 Å². The number of amides is 1. The lowest BCUT2D eigenvalue weighted by atomic mass is 9.71. The van der Waals surface area contributed by atoms with Crippen molar-refractivity contribution in [1.82, 2.24) is 15.0 Å². The SMILES string of the molecule is COCC1(C)CC(c2nc(-c3cccc(C(=O)N(C)CC(=O)OC)c3)no2)=CC=C1c1ccccc1.